The van der Waals surface area contributed by atoms with Gasteiger partial charge in [0.25, 0.3) is 0 Å². The summed E-state index contributed by atoms with van der Waals surface area (Å²) in [6.07, 6.45) is 7.21. The first kappa shape index (κ1) is 13.5. The maximum absolute atomic E-state index is 12.1. The van der Waals surface area contributed by atoms with Crippen molar-refractivity contribution in [3.8, 4) is 0 Å². The van der Waals surface area contributed by atoms with E-state index in [0.29, 0.717) is 23.2 Å². The molecular weight excluding hydrogens is 256 g/mol. The van der Waals surface area contributed by atoms with Crippen LogP contribution < -0.4 is 5.32 Å². The normalized spacial score (nSPS) is 41.2. The number of carbonyl (C=O) groups is 1. The van der Waals surface area contributed by atoms with Gasteiger partial charge in [0.05, 0.1) is 6.54 Å². The van der Waals surface area contributed by atoms with Gasteiger partial charge in [0.1, 0.15) is 0 Å². The zero-order valence-electron chi connectivity index (χ0n) is 12.0. The number of thioether (sulfide) groups is 1. The van der Waals surface area contributed by atoms with Crippen molar-refractivity contribution in [2.75, 3.05) is 12.3 Å². The number of aliphatic imine (C=N–C) groups is 1. The summed E-state index contributed by atoms with van der Waals surface area (Å²) in [6.45, 7) is 5.68. The minimum Gasteiger partial charge on any atom is -0.305 e. The van der Waals surface area contributed by atoms with E-state index in [4.69, 9.17) is 0 Å². The second kappa shape index (κ2) is 4.80. The predicted octanol–water partition coefficient (Wildman–Crippen LogP) is 3.20. The van der Waals surface area contributed by atoms with E-state index in [2.05, 4.69) is 24.2 Å². The van der Waals surface area contributed by atoms with E-state index in [1.54, 1.807) is 11.8 Å². The van der Waals surface area contributed by atoms with E-state index in [1.165, 1.54) is 32.1 Å². The smallest absolute Gasteiger partial charge is 0.226 e. The quantitative estimate of drug-likeness (QED) is 0.844. The van der Waals surface area contributed by atoms with Crippen LogP contribution in [-0.4, -0.2) is 23.4 Å². The van der Waals surface area contributed by atoms with Crippen molar-refractivity contribution in [1.29, 1.82) is 0 Å². The number of nitrogens with one attached hydrogen (secondary N) is 1. The second-order valence-corrected chi connectivity index (χ2v) is 8.44. The molecule has 1 aliphatic heterocycles. The molecule has 1 amide bonds. The van der Waals surface area contributed by atoms with Crippen LogP contribution in [0.1, 0.15) is 52.4 Å². The summed E-state index contributed by atoms with van der Waals surface area (Å²) >= 11 is 1.66. The van der Waals surface area contributed by atoms with Crippen LogP contribution >= 0.6 is 11.8 Å². The van der Waals surface area contributed by atoms with Gasteiger partial charge in [-0.25, -0.2) is 0 Å². The highest BCUT2D eigenvalue weighted by Crippen LogP contribution is 2.60. The van der Waals surface area contributed by atoms with Crippen molar-refractivity contribution < 1.29 is 4.79 Å². The van der Waals surface area contributed by atoms with Crippen molar-refractivity contribution in [3.63, 3.8) is 0 Å². The van der Waals surface area contributed by atoms with Crippen LogP contribution in [0.3, 0.4) is 0 Å². The van der Waals surface area contributed by atoms with Crippen LogP contribution in [0.4, 0.5) is 0 Å². The first-order valence-corrected chi connectivity index (χ1v) is 8.42. The second-order valence-electron chi connectivity index (χ2n) is 7.36. The van der Waals surface area contributed by atoms with Crippen LogP contribution in [0.15, 0.2) is 4.99 Å². The molecule has 4 heteroatoms. The molecule has 0 aromatic rings. The summed E-state index contributed by atoms with van der Waals surface area (Å²) in [6, 6.07) is 0. The summed E-state index contributed by atoms with van der Waals surface area (Å²) in [5, 5.41) is 3.81. The lowest BCUT2D eigenvalue weighted by molar-refractivity contribution is -0.121. The first-order chi connectivity index (χ1) is 8.96. The largest absolute Gasteiger partial charge is 0.305 e. The molecular formula is C15H24N2OS. The molecule has 19 heavy (non-hydrogen) atoms. The van der Waals surface area contributed by atoms with Gasteiger partial charge in [-0.05, 0) is 48.9 Å². The van der Waals surface area contributed by atoms with Crippen LogP contribution in [0.25, 0.3) is 0 Å². The molecule has 0 radical (unpaired) electrons. The number of hydrogen-bond acceptors (Lipinski definition) is 3. The number of fused-ring (bicyclic) bond motifs is 2. The zero-order chi connectivity index (χ0) is 13.5. The third kappa shape index (κ3) is 2.99. The van der Waals surface area contributed by atoms with E-state index in [9.17, 15) is 4.79 Å². The first-order valence-electron chi connectivity index (χ1n) is 7.44. The van der Waals surface area contributed by atoms with Crippen LogP contribution in [-0.2, 0) is 4.79 Å². The number of nitrogens with zero attached hydrogens (tertiary/aromatic N) is 1. The molecule has 0 spiro atoms. The molecule has 1 heterocycles. The SMILES string of the molecule is CC12CCC(C)(CC(CC(=O)NC3=NCCS3)C1)C2. The van der Waals surface area contributed by atoms with E-state index in [0.717, 1.165) is 17.5 Å². The molecule has 2 unspecified atom stereocenters. The summed E-state index contributed by atoms with van der Waals surface area (Å²) in [7, 11) is 0. The third-order valence-corrected chi connectivity index (χ3v) is 5.95. The standard InChI is InChI=1S/C15H24N2OS/c1-14-3-4-15(2,10-14)9-11(8-14)7-12(18)17-13-16-5-6-19-13/h11H,3-10H2,1-2H3,(H,16,17,18). The molecule has 0 aromatic heterocycles. The molecule has 1 N–H and O–H groups in total. The predicted molar refractivity (Wildman–Crippen MR) is 80.3 cm³/mol. The van der Waals surface area contributed by atoms with Gasteiger partial charge in [0.2, 0.25) is 5.91 Å². The fourth-order valence-corrected chi connectivity index (χ4v) is 5.36. The Morgan fingerprint density at radius 1 is 1.37 bits per heavy atom. The highest BCUT2D eigenvalue weighted by Gasteiger charge is 2.49. The van der Waals surface area contributed by atoms with E-state index in [-0.39, 0.29) is 5.91 Å². The van der Waals surface area contributed by atoms with Crippen LogP contribution in [0.5, 0.6) is 0 Å². The van der Waals surface area contributed by atoms with Gasteiger partial charge in [-0.3, -0.25) is 9.79 Å². The fraction of sp³-hybridized carbons (Fsp3) is 0.867. The maximum Gasteiger partial charge on any atom is 0.226 e. The minimum absolute atomic E-state index is 0.173. The average molecular weight is 280 g/mol. The Labute approximate surface area is 120 Å². The summed E-state index contributed by atoms with van der Waals surface area (Å²) in [5.41, 5.74) is 0.995. The Morgan fingerprint density at radius 3 is 2.63 bits per heavy atom. The van der Waals surface area contributed by atoms with Crippen molar-refractivity contribution in [1.82, 2.24) is 5.32 Å². The molecule has 2 aliphatic carbocycles. The monoisotopic (exact) mass is 280 g/mol. The van der Waals surface area contributed by atoms with Gasteiger partial charge in [0.15, 0.2) is 5.17 Å². The Bertz CT molecular complexity index is 404. The molecule has 2 bridgehead atoms. The van der Waals surface area contributed by atoms with Gasteiger partial charge in [-0.15, -0.1) is 0 Å². The lowest BCUT2D eigenvalue weighted by Crippen LogP contribution is -2.34. The lowest BCUT2D eigenvalue weighted by atomic mass is 9.65. The molecule has 2 atom stereocenters. The maximum atomic E-state index is 12.1. The molecule has 0 aromatic carbocycles. The van der Waals surface area contributed by atoms with Crippen LogP contribution in [0.2, 0.25) is 0 Å². The Morgan fingerprint density at radius 2 is 2.05 bits per heavy atom. The summed E-state index contributed by atoms with van der Waals surface area (Å²) in [5.74, 6) is 1.75. The minimum atomic E-state index is 0.173. The molecule has 106 valence electrons. The number of amidine groups is 1. The van der Waals surface area contributed by atoms with E-state index in [1.807, 2.05) is 0 Å². The van der Waals surface area contributed by atoms with E-state index >= 15 is 0 Å². The van der Waals surface area contributed by atoms with Crippen molar-refractivity contribution in [3.05, 3.63) is 0 Å². The highest BCUT2D eigenvalue weighted by molar-refractivity contribution is 8.14. The molecule has 3 aliphatic rings. The van der Waals surface area contributed by atoms with Crippen molar-refractivity contribution >= 4 is 22.8 Å². The number of carbonyl (C=O) groups excluding carboxylic acids is 1. The van der Waals surface area contributed by atoms with Gasteiger partial charge < -0.3 is 5.32 Å². The number of rotatable bonds is 2. The molecule has 2 fully saturated rings. The number of hydrogen-bond donors (Lipinski definition) is 1. The van der Waals surface area contributed by atoms with Gasteiger partial charge in [0, 0.05) is 12.2 Å². The van der Waals surface area contributed by atoms with Crippen molar-refractivity contribution in [2.45, 2.75) is 52.4 Å². The topological polar surface area (TPSA) is 41.5 Å². The number of amides is 1. The Balaban J connectivity index is 1.57. The molecule has 3 nitrogen and oxygen atoms in total. The zero-order valence-corrected chi connectivity index (χ0v) is 12.8. The highest BCUT2D eigenvalue weighted by atomic mass is 32.2. The summed E-state index contributed by atoms with van der Waals surface area (Å²) < 4.78 is 0. The van der Waals surface area contributed by atoms with Gasteiger partial charge >= 0.3 is 0 Å². The van der Waals surface area contributed by atoms with Crippen LogP contribution in [0, 0.1) is 16.7 Å². The Kier molecular flexibility index (Phi) is 3.40. The third-order valence-electron chi connectivity index (χ3n) is 5.05. The Hall–Kier alpha value is -0.510. The van der Waals surface area contributed by atoms with Crippen molar-refractivity contribution in [2.24, 2.45) is 21.7 Å². The fourth-order valence-electron chi connectivity index (χ4n) is 4.61. The lowest BCUT2D eigenvalue weighted by Gasteiger charge is -2.40. The molecule has 2 saturated carbocycles. The molecule has 0 saturated heterocycles. The van der Waals surface area contributed by atoms with Gasteiger partial charge in [-0.1, -0.05) is 25.6 Å². The van der Waals surface area contributed by atoms with E-state index < -0.39 is 0 Å². The summed E-state index contributed by atoms with van der Waals surface area (Å²) in [4.78, 5) is 16.4. The van der Waals surface area contributed by atoms with Gasteiger partial charge in [-0.2, -0.15) is 0 Å². The average Bonchev–Trinajstić information content (AvgIpc) is 2.85. The molecule has 3 rings (SSSR count).